The van der Waals surface area contributed by atoms with Crippen molar-refractivity contribution in [3.63, 3.8) is 0 Å². The van der Waals surface area contributed by atoms with E-state index in [0.717, 1.165) is 11.0 Å². The predicted molar refractivity (Wildman–Crippen MR) is 82.2 cm³/mol. The highest BCUT2D eigenvalue weighted by molar-refractivity contribution is 5.95. The molecule has 3 heterocycles. The van der Waals surface area contributed by atoms with Gasteiger partial charge in [-0.05, 0) is 12.1 Å². The number of para-hydroxylation sites is 2. The van der Waals surface area contributed by atoms with Gasteiger partial charge in [0.15, 0.2) is 11.6 Å². The minimum Gasteiger partial charge on any atom is -0.423 e. The molecule has 1 N–H and O–H groups in total. The minimum atomic E-state index is -0.0952. The molecular formula is C15H13N7O2. The molecule has 120 valence electrons. The number of aryl methyl sites for hydroxylation is 1. The van der Waals surface area contributed by atoms with Crippen molar-refractivity contribution >= 4 is 16.8 Å². The monoisotopic (exact) mass is 323 g/mol. The molecule has 3 aromatic heterocycles. The number of imidazole rings is 1. The van der Waals surface area contributed by atoms with E-state index in [1.807, 2.05) is 24.3 Å². The molecular weight excluding hydrogens is 310 g/mol. The average molecular weight is 323 g/mol. The highest BCUT2D eigenvalue weighted by Crippen LogP contribution is 2.12. The first-order valence-electron chi connectivity index (χ1n) is 7.39. The van der Waals surface area contributed by atoms with Gasteiger partial charge in [0.25, 0.3) is 0 Å². The molecule has 4 aromatic rings. The van der Waals surface area contributed by atoms with Crippen molar-refractivity contribution in [2.45, 2.75) is 19.4 Å². The first kappa shape index (κ1) is 14.2. The van der Waals surface area contributed by atoms with Crippen LogP contribution in [0.5, 0.6) is 0 Å². The van der Waals surface area contributed by atoms with Crippen LogP contribution in [0.15, 0.2) is 41.3 Å². The summed E-state index contributed by atoms with van der Waals surface area (Å²) in [5, 5.41) is 11.8. The number of H-pyrrole nitrogens is 1. The number of fused-ring (bicyclic) bond motifs is 1. The molecule has 0 unspecified atom stereocenters. The number of nitrogens with zero attached hydrogens (tertiary/aromatic N) is 6. The molecule has 9 heteroatoms. The Kier molecular flexibility index (Phi) is 3.58. The number of carbonyl (C=O) groups excluding carboxylic acids is 1. The number of aromatic nitrogens is 7. The zero-order chi connectivity index (χ0) is 16.4. The summed E-state index contributed by atoms with van der Waals surface area (Å²) in [4.78, 5) is 23.4. The second kappa shape index (κ2) is 6.03. The molecule has 0 amide bonds. The molecule has 9 nitrogen and oxygen atoms in total. The van der Waals surface area contributed by atoms with Gasteiger partial charge in [-0.15, -0.1) is 10.2 Å². The van der Waals surface area contributed by atoms with Crippen LogP contribution in [0.3, 0.4) is 0 Å². The van der Waals surface area contributed by atoms with E-state index in [4.69, 9.17) is 4.42 Å². The van der Waals surface area contributed by atoms with Gasteiger partial charge in [-0.2, -0.15) is 5.10 Å². The maximum Gasteiger partial charge on any atom is 0.237 e. The molecule has 1 aromatic carbocycles. The number of aromatic amines is 1. The Balaban J connectivity index is 1.39. The van der Waals surface area contributed by atoms with E-state index in [9.17, 15) is 4.79 Å². The standard InChI is InChI=1S/C15H13N7O2/c23-12(15-18-10-3-1-2-4-11(10)19-15)5-6-13-20-21-14(24-13)7-22-9-16-8-17-22/h1-4,8-9H,5-7H2,(H,18,19). The van der Waals surface area contributed by atoms with Crippen LogP contribution in [-0.4, -0.2) is 40.7 Å². The maximum absolute atomic E-state index is 12.2. The van der Waals surface area contributed by atoms with Gasteiger partial charge in [-0.3, -0.25) is 4.79 Å². The van der Waals surface area contributed by atoms with Crippen molar-refractivity contribution in [1.82, 2.24) is 34.9 Å². The highest BCUT2D eigenvalue weighted by atomic mass is 16.4. The lowest BCUT2D eigenvalue weighted by molar-refractivity contribution is 0.0971. The minimum absolute atomic E-state index is 0.0952. The third-order valence-electron chi connectivity index (χ3n) is 3.49. The van der Waals surface area contributed by atoms with Crippen LogP contribution in [0.2, 0.25) is 0 Å². The van der Waals surface area contributed by atoms with E-state index in [1.165, 1.54) is 6.33 Å². The Morgan fingerprint density at radius 1 is 1.21 bits per heavy atom. The Morgan fingerprint density at radius 2 is 2.08 bits per heavy atom. The van der Waals surface area contributed by atoms with Crippen LogP contribution in [0.4, 0.5) is 0 Å². The molecule has 0 aliphatic rings. The lowest BCUT2D eigenvalue weighted by Crippen LogP contribution is -2.03. The number of carbonyl (C=O) groups is 1. The summed E-state index contributed by atoms with van der Waals surface area (Å²) in [5.74, 6) is 1.09. The van der Waals surface area contributed by atoms with Crippen molar-refractivity contribution < 1.29 is 9.21 Å². The van der Waals surface area contributed by atoms with Crippen LogP contribution >= 0.6 is 0 Å². The van der Waals surface area contributed by atoms with Crippen LogP contribution in [0.1, 0.15) is 28.8 Å². The lowest BCUT2D eigenvalue weighted by Gasteiger charge is -1.95. The topological polar surface area (TPSA) is 115 Å². The number of nitrogens with one attached hydrogen (secondary N) is 1. The number of Topliss-reactive ketones (excluding diaryl/α,β-unsaturated/α-hetero) is 1. The summed E-state index contributed by atoms with van der Waals surface area (Å²) in [6, 6.07) is 7.51. The van der Waals surface area contributed by atoms with E-state index < -0.39 is 0 Å². The first-order chi connectivity index (χ1) is 11.8. The quantitative estimate of drug-likeness (QED) is 0.533. The Hall–Kier alpha value is -3.36. The van der Waals surface area contributed by atoms with Crippen molar-refractivity contribution in [3.8, 4) is 0 Å². The summed E-state index contributed by atoms with van der Waals surface area (Å²) >= 11 is 0. The Labute approximate surface area is 135 Å². The van der Waals surface area contributed by atoms with Gasteiger partial charge in [-0.1, -0.05) is 12.1 Å². The van der Waals surface area contributed by atoms with E-state index >= 15 is 0 Å². The third-order valence-corrected chi connectivity index (χ3v) is 3.49. The summed E-state index contributed by atoms with van der Waals surface area (Å²) in [6.07, 6.45) is 3.60. The second-order valence-corrected chi connectivity index (χ2v) is 5.21. The molecule has 0 bridgehead atoms. The molecule has 0 aliphatic carbocycles. The number of rotatable bonds is 6. The van der Waals surface area contributed by atoms with Crippen molar-refractivity contribution in [3.05, 3.63) is 54.5 Å². The Morgan fingerprint density at radius 3 is 2.92 bits per heavy atom. The molecule has 0 saturated carbocycles. The molecule has 0 aliphatic heterocycles. The van der Waals surface area contributed by atoms with Crippen molar-refractivity contribution in [2.75, 3.05) is 0 Å². The SMILES string of the molecule is O=C(CCc1nnc(Cn2cncn2)o1)c1nc2ccccc2[nH]1. The first-order valence-corrected chi connectivity index (χ1v) is 7.39. The molecule has 4 rings (SSSR count). The van der Waals surface area contributed by atoms with Crippen molar-refractivity contribution in [1.29, 1.82) is 0 Å². The fourth-order valence-corrected chi connectivity index (χ4v) is 2.33. The van der Waals surface area contributed by atoms with Gasteiger partial charge < -0.3 is 9.40 Å². The molecule has 0 radical (unpaired) electrons. The van der Waals surface area contributed by atoms with Crippen molar-refractivity contribution in [2.24, 2.45) is 0 Å². The zero-order valence-electron chi connectivity index (χ0n) is 12.6. The summed E-state index contributed by atoms with van der Waals surface area (Å²) in [7, 11) is 0. The molecule has 0 fully saturated rings. The van der Waals surface area contributed by atoms with Crippen LogP contribution < -0.4 is 0 Å². The molecule has 0 saturated heterocycles. The number of hydrogen-bond donors (Lipinski definition) is 1. The van der Waals surface area contributed by atoms with Crippen LogP contribution in [0, 0.1) is 0 Å². The number of benzene rings is 1. The van der Waals surface area contributed by atoms with Gasteiger partial charge in [0.05, 0.1) is 11.0 Å². The number of hydrogen-bond acceptors (Lipinski definition) is 7. The van der Waals surface area contributed by atoms with Gasteiger partial charge in [-0.25, -0.2) is 14.6 Å². The van der Waals surface area contributed by atoms with Gasteiger partial charge in [0, 0.05) is 12.8 Å². The number of ketones is 1. The van der Waals surface area contributed by atoms with Crippen LogP contribution in [-0.2, 0) is 13.0 Å². The van der Waals surface area contributed by atoms with Gasteiger partial charge in [0.2, 0.25) is 11.8 Å². The summed E-state index contributed by atoms with van der Waals surface area (Å²) in [6.45, 7) is 0.352. The predicted octanol–water partition coefficient (Wildman–Crippen LogP) is 1.40. The van der Waals surface area contributed by atoms with E-state index in [-0.39, 0.29) is 12.2 Å². The van der Waals surface area contributed by atoms with Crippen LogP contribution in [0.25, 0.3) is 11.0 Å². The van der Waals surface area contributed by atoms with E-state index in [0.29, 0.717) is 30.6 Å². The fourth-order valence-electron chi connectivity index (χ4n) is 2.33. The molecule has 0 atom stereocenters. The van der Waals surface area contributed by atoms with E-state index in [1.54, 1.807) is 11.0 Å². The Bertz CT molecular complexity index is 938. The summed E-state index contributed by atoms with van der Waals surface area (Å²) in [5.41, 5.74) is 1.61. The zero-order valence-corrected chi connectivity index (χ0v) is 12.6. The average Bonchev–Trinajstić information content (AvgIpc) is 3.33. The maximum atomic E-state index is 12.2. The lowest BCUT2D eigenvalue weighted by atomic mass is 10.2. The van der Waals surface area contributed by atoms with Gasteiger partial charge >= 0.3 is 0 Å². The third kappa shape index (κ3) is 2.91. The molecule has 24 heavy (non-hydrogen) atoms. The largest absolute Gasteiger partial charge is 0.423 e. The highest BCUT2D eigenvalue weighted by Gasteiger charge is 2.14. The fraction of sp³-hybridized carbons (Fsp3) is 0.200. The smallest absolute Gasteiger partial charge is 0.237 e. The molecule has 0 spiro atoms. The van der Waals surface area contributed by atoms with E-state index in [2.05, 4.69) is 30.2 Å². The second-order valence-electron chi connectivity index (χ2n) is 5.21. The summed E-state index contributed by atoms with van der Waals surface area (Å²) < 4.78 is 7.09. The normalized spacial score (nSPS) is 11.2. The van der Waals surface area contributed by atoms with Gasteiger partial charge in [0.1, 0.15) is 19.2 Å².